The lowest BCUT2D eigenvalue weighted by Crippen LogP contribution is -3.00. The van der Waals surface area contributed by atoms with Gasteiger partial charge in [0.15, 0.2) is 0 Å². The van der Waals surface area contributed by atoms with Crippen LogP contribution in [-0.2, 0) is 6.54 Å². The van der Waals surface area contributed by atoms with E-state index in [1.54, 1.807) is 0 Å². The summed E-state index contributed by atoms with van der Waals surface area (Å²) in [6, 6.07) is 10.8. The summed E-state index contributed by atoms with van der Waals surface area (Å²) in [5, 5.41) is 0. The third kappa shape index (κ3) is 2.73. The maximum atomic E-state index is 2.38. The minimum atomic E-state index is 0. The minimum Gasteiger partial charge on any atom is -1.00 e. The zero-order chi connectivity index (χ0) is 9.15. The number of halogens is 1. The van der Waals surface area contributed by atoms with Crippen molar-refractivity contribution in [2.75, 3.05) is 20.1 Å². The van der Waals surface area contributed by atoms with Gasteiger partial charge in [-0.3, -0.25) is 0 Å². The Morgan fingerprint density at radius 3 is 2.21 bits per heavy atom. The van der Waals surface area contributed by atoms with Crippen molar-refractivity contribution in [2.24, 2.45) is 0 Å². The molecule has 0 spiro atoms. The molecule has 1 aliphatic heterocycles. The third-order valence-electron chi connectivity index (χ3n) is 3.05. The fraction of sp³-hybridized carbons (Fsp3) is 0.500. The molecule has 0 radical (unpaired) electrons. The van der Waals surface area contributed by atoms with E-state index in [2.05, 4.69) is 37.4 Å². The summed E-state index contributed by atoms with van der Waals surface area (Å²) in [5.41, 5.74) is 1.48. The van der Waals surface area contributed by atoms with Gasteiger partial charge in [-0.15, -0.1) is 0 Å². The van der Waals surface area contributed by atoms with Crippen LogP contribution in [0.15, 0.2) is 30.3 Å². The van der Waals surface area contributed by atoms with E-state index in [0.29, 0.717) is 0 Å². The topological polar surface area (TPSA) is 0 Å². The van der Waals surface area contributed by atoms with E-state index in [4.69, 9.17) is 0 Å². The normalized spacial score (nSPS) is 18.9. The standard InChI is InChI=1S/C12H18N.ClH/c1-13(9-5-6-10-13)11-12-7-3-2-4-8-12;/h2-4,7-8H,5-6,9-11H2,1H3;1H/q+1;/p-1. The van der Waals surface area contributed by atoms with Crippen molar-refractivity contribution in [3.05, 3.63) is 35.9 Å². The molecule has 1 nitrogen and oxygen atoms in total. The highest BCUT2D eigenvalue weighted by molar-refractivity contribution is 5.13. The smallest absolute Gasteiger partial charge is 0.104 e. The van der Waals surface area contributed by atoms with Crippen LogP contribution in [-0.4, -0.2) is 24.6 Å². The fourth-order valence-corrected chi connectivity index (χ4v) is 2.28. The van der Waals surface area contributed by atoms with Gasteiger partial charge < -0.3 is 16.9 Å². The second-order valence-corrected chi connectivity index (χ2v) is 4.42. The number of nitrogens with zero attached hydrogens (tertiary/aromatic N) is 1. The van der Waals surface area contributed by atoms with E-state index in [-0.39, 0.29) is 12.4 Å². The van der Waals surface area contributed by atoms with E-state index >= 15 is 0 Å². The Morgan fingerprint density at radius 2 is 1.64 bits per heavy atom. The average molecular weight is 212 g/mol. The van der Waals surface area contributed by atoms with Gasteiger partial charge in [-0.25, -0.2) is 0 Å². The van der Waals surface area contributed by atoms with E-state index in [0.717, 1.165) is 0 Å². The third-order valence-corrected chi connectivity index (χ3v) is 3.05. The van der Waals surface area contributed by atoms with Gasteiger partial charge in [-0.05, 0) is 0 Å². The lowest BCUT2D eigenvalue weighted by atomic mass is 10.2. The van der Waals surface area contributed by atoms with Crippen LogP contribution in [0.1, 0.15) is 18.4 Å². The first kappa shape index (κ1) is 11.5. The first-order valence-corrected chi connectivity index (χ1v) is 5.16. The highest BCUT2D eigenvalue weighted by Gasteiger charge is 2.26. The molecule has 1 heterocycles. The molecule has 0 aliphatic carbocycles. The summed E-state index contributed by atoms with van der Waals surface area (Å²) in [7, 11) is 2.38. The van der Waals surface area contributed by atoms with Crippen LogP contribution in [0.3, 0.4) is 0 Å². The van der Waals surface area contributed by atoms with Crippen molar-refractivity contribution >= 4 is 0 Å². The van der Waals surface area contributed by atoms with E-state index in [1.165, 1.54) is 42.5 Å². The number of quaternary nitrogens is 1. The quantitative estimate of drug-likeness (QED) is 0.575. The van der Waals surface area contributed by atoms with Gasteiger partial charge in [-0.1, -0.05) is 30.3 Å². The largest absolute Gasteiger partial charge is 1.00 e. The van der Waals surface area contributed by atoms with Gasteiger partial charge in [-0.2, -0.15) is 0 Å². The zero-order valence-electron chi connectivity index (χ0n) is 8.75. The summed E-state index contributed by atoms with van der Waals surface area (Å²) in [6.45, 7) is 3.92. The molecular weight excluding hydrogens is 194 g/mol. The molecule has 1 aromatic carbocycles. The Hall–Kier alpha value is -0.530. The molecule has 1 aromatic rings. The lowest BCUT2D eigenvalue weighted by Gasteiger charge is -2.29. The van der Waals surface area contributed by atoms with Crippen LogP contribution >= 0.6 is 0 Å². The highest BCUT2D eigenvalue weighted by atomic mass is 35.5. The molecule has 14 heavy (non-hydrogen) atoms. The van der Waals surface area contributed by atoms with Gasteiger partial charge >= 0.3 is 0 Å². The Morgan fingerprint density at radius 1 is 1.07 bits per heavy atom. The number of hydrogen-bond acceptors (Lipinski definition) is 0. The molecule has 2 heteroatoms. The molecule has 2 rings (SSSR count). The summed E-state index contributed by atoms with van der Waals surface area (Å²) < 4.78 is 1.24. The molecular formula is C12H18ClN. The van der Waals surface area contributed by atoms with Crippen molar-refractivity contribution < 1.29 is 16.9 Å². The van der Waals surface area contributed by atoms with Crippen LogP contribution in [0.25, 0.3) is 0 Å². The second-order valence-electron chi connectivity index (χ2n) is 4.42. The molecule has 0 aromatic heterocycles. The predicted molar refractivity (Wildman–Crippen MR) is 55.3 cm³/mol. The first-order chi connectivity index (χ1) is 6.29. The van der Waals surface area contributed by atoms with Gasteiger partial charge in [0.05, 0.1) is 20.1 Å². The first-order valence-electron chi connectivity index (χ1n) is 5.16. The van der Waals surface area contributed by atoms with Gasteiger partial charge in [0.1, 0.15) is 6.54 Å². The zero-order valence-corrected chi connectivity index (χ0v) is 9.50. The van der Waals surface area contributed by atoms with Crippen molar-refractivity contribution in [1.82, 2.24) is 0 Å². The Kier molecular flexibility index (Phi) is 3.97. The molecule has 78 valence electrons. The van der Waals surface area contributed by atoms with Crippen LogP contribution in [0.5, 0.6) is 0 Å². The molecule has 0 saturated carbocycles. The average Bonchev–Trinajstić information content (AvgIpc) is 2.54. The molecule has 1 fully saturated rings. The number of likely N-dealkylation sites (tertiary alicyclic amines) is 1. The molecule has 1 aliphatic rings. The van der Waals surface area contributed by atoms with Crippen LogP contribution in [0.2, 0.25) is 0 Å². The van der Waals surface area contributed by atoms with Crippen LogP contribution in [0.4, 0.5) is 0 Å². The van der Waals surface area contributed by atoms with E-state index < -0.39 is 0 Å². The van der Waals surface area contributed by atoms with Crippen molar-refractivity contribution in [1.29, 1.82) is 0 Å². The molecule has 0 amide bonds. The monoisotopic (exact) mass is 211 g/mol. The summed E-state index contributed by atoms with van der Waals surface area (Å²) >= 11 is 0. The summed E-state index contributed by atoms with van der Waals surface area (Å²) in [5.74, 6) is 0. The van der Waals surface area contributed by atoms with Crippen LogP contribution in [0, 0.1) is 0 Å². The number of rotatable bonds is 2. The SMILES string of the molecule is C[N+]1(Cc2ccccc2)CCCC1.[Cl-]. The maximum absolute atomic E-state index is 2.38. The van der Waals surface area contributed by atoms with Crippen molar-refractivity contribution in [3.8, 4) is 0 Å². The minimum absolute atomic E-state index is 0. The Labute approximate surface area is 92.7 Å². The fourth-order valence-electron chi connectivity index (χ4n) is 2.28. The van der Waals surface area contributed by atoms with Crippen molar-refractivity contribution in [2.45, 2.75) is 19.4 Å². The molecule has 1 saturated heterocycles. The molecule has 0 atom stereocenters. The van der Waals surface area contributed by atoms with Crippen molar-refractivity contribution in [3.63, 3.8) is 0 Å². The molecule has 0 N–H and O–H groups in total. The van der Waals surface area contributed by atoms with E-state index in [1.807, 2.05) is 0 Å². The lowest BCUT2D eigenvalue weighted by molar-refractivity contribution is -0.910. The highest BCUT2D eigenvalue weighted by Crippen LogP contribution is 2.20. The molecule has 0 bridgehead atoms. The maximum Gasteiger partial charge on any atom is 0.104 e. The molecule has 0 unspecified atom stereocenters. The van der Waals surface area contributed by atoms with Gasteiger partial charge in [0.2, 0.25) is 0 Å². The second kappa shape index (κ2) is 4.81. The summed E-state index contributed by atoms with van der Waals surface area (Å²) in [4.78, 5) is 0. The Balaban J connectivity index is 0.000000980. The number of benzene rings is 1. The number of hydrogen-bond donors (Lipinski definition) is 0. The Bertz CT molecular complexity index is 265. The van der Waals surface area contributed by atoms with Gasteiger partial charge in [0, 0.05) is 18.4 Å². The predicted octanol–water partition coefficient (Wildman–Crippen LogP) is -0.569. The van der Waals surface area contributed by atoms with E-state index in [9.17, 15) is 0 Å². The summed E-state index contributed by atoms with van der Waals surface area (Å²) in [6.07, 6.45) is 2.81. The van der Waals surface area contributed by atoms with Gasteiger partial charge in [0.25, 0.3) is 0 Å². The van der Waals surface area contributed by atoms with Crippen LogP contribution < -0.4 is 12.4 Å².